The van der Waals surface area contributed by atoms with E-state index in [1.807, 2.05) is 12.1 Å². The van der Waals surface area contributed by atoms with Crippen LogP contribution in [0, 0.1) is 5.82 Å². The van der Waals surface area contributed by atoms with Gasteiger partial charge in [-0.05, 0) is 35.9 Å². The Morgan fingerprint density at radius 2 is 1.76 bits per heavy atom. The molecule has 1 N–H and O–H groups in total. The van der Waals surface area contributed by atoms with Crippen LogP contribution in [0.4, 0.5) is 4.39 Å². The highest BCUT2D eigenvalue weighted by Crippen LogP contribution is 2.26. The number of amides is 1. The molecule has 2 heterocycles. The minimum atomic E-state index is -0.567. The van der Waals surface area contributed by atoms with Crippen LogP contribution in [0.3, 0.4) is 0 Å². The molecule has 0 bridgehead atoms. The summed E-state index contributed by atoms with van der Waals surface area (Å²) in [6.45, 7) is 0.251. The predicted octanol–water partition coefficient (Wildman–Crippen LogP) is 2.90. The minimum Gasteiger partial charge on any atom is -0.351 e. The second-order valence-corrected chi connectivity index (χ2v) is 8.79. The molecular weight excluding hydrogens is 481 g/mol. The van der Waals surface area contributed by atoms with Crippen molar-refractivity contribution < 1.29 is 9.18 Å². The first kappa shape index (κ1) is 23.7. The van der Waals surface area contributed by atoms with Crippen LogP contribution in [-0.2, 0) is 25.4 Å². The van der Waals surface area contributed by atoms with Gasteiger partial charge < -0.3 is 5.32 Å². The van der Waals surface area contributed by atoms with Crippen LogP contribution in [0.1, 0.15) is 5.56 Å². The Balaban J connectivity index is 1.69. The van der Waals surface area contributed by atoms with Gasteiger partial charge in [-0.1, -0.05) is 41.6 Å². The summed E-state index contributed by atoms with van der Waals surface area (Å²) in [5.41, 5.74) is 0.290. The summed E-state index contributed by atoms with van der Waals surface area (Å²) in [5, 5.41) is 3.70. The summed E-state index contributed by atoms with van der Waals surface area (Å²) in [7, 11) is 2.86. The first-order valence-electron chi connectivity index (χ1n) is 10.1. The summed E-state index contributed by atoms with van der Waals surface area (Å²) in [5.74, 6) is -0.544. The molecule has 8 nitrogen and oxygen atoms in total. The van der Waals surface area contributed by atoms with E-state index in [2.05, 4.69) is 15.3 Å². The number of benzene rings is 2. The first-order chi connectivity index (χ1) is 16.3. The zero-order chi connectivity index (χ0) is 24.4. The summed E-state index contributed by atoms with van der Waals surface area (Å²) >= 11 is 7.18. The third kappa shape index (κ3) is 4.73. The minimum absolute atomic E-state index is 0.0363. The van der Waals surface area contributed by atoms with Crippen molar-refractivity contribution in [3.8, 4) is 11.4 Å². The molecule has 11 heteroatoms. The Morgan fingerprint density at radius 3 is 2.47 bits per heavy atom. The molecule has 2 aromatic heterocycles. The van der Waals surface area contributed by atoms with Crippen molar-refractivity contribution in [3.05, 3.63) is 85.8 Å². The van der Waals surface area contributed by atoms with Gasteiger partial charge in [-0.2, -0.15) is 0 Å². The molecule has 0 aliphatic heterocycles. The molecule has 0 saturated carbocycles. The number of nitrogens with one attached hydrogen (secondary N) is 1. The van der Waals surface area contributed by atoms with E-state index in [-0.39, 0.29) is 40.1 Å². The molecule has 0 spiro atoms. The highest BCUT2D eigenvalue weighted by molar-refractivity contribution is 8.00. The van der Waals surface area contributed by atoms with Gasteiger partial charge >= 0.3 is 5.69 Å². The number of thioether (sulfide) groups is 1. The molecule has 0 saturated heterocycles. The molecular formula is C23H19ClFN5O3S. The highest BCUT2D eigenvalue weighted by atomic mass is 35.5. The van der Waals surface area contributed by atoms with E-state index in [0.29, 0.717) is 10.6 Å². The fourth-order valence-electron chi connectivity index (χ4n) is 3.28. The van der Waals surface area contributed by atoms with Crippen LogP contribution >= 0.6 is 23.4 Å². The second kappa shape index (κ2) is 9.78. The summed E-state index contributed by atoms with van der Waals surface area (Å²) in [4.78, 5) is 46.7. The summed E-state index contributed by atoms with van der Waals surface area (Å²) in [6.07, 6.45) is 0. The number of rotatable bonds is 6. The van der Waals surface area contributed by atoms with Gasteiger partial charge in [0.2, 0.25) is 5.91 Å². The quantitative estimate of drug-likeness (QED) is 0.323. The maximum atomic E-state index is 13.4. The molecule has 0 radical (unpaired) electrons. The number of carbonyl (C=O) groups is 1. The van der Waals surface area contributed by atoms with Crippen molar-refractivity contribution in [2.24, 2.45) is 14.1 Å². The van der Waals surface area contributed by atoms with Gasteiger partial charge in [0.15, 0.2) is 11.5 Å². The number of hydrogen-bond acceptors (Lipinski definition) is 6. The van der Waals surface area contributed by atoms with E-state index in [1.165, 1.54) is 42.9 Å². The van der Waals surface area contributed by atoms with Crippen LogP contribution in [-0.4, -0.2) is 30.8 Å². The number of aryl methyl sites for hydroxylation is 1. The van der Waals surface area contributed by atoms with Crippen LogP contribution in [0.15, 0.2) is 63.1 Å². The Bertz CT molecular complexity index is 1520. The number of halogens is 2. The summed E-state index contributed by atoms with van der Waals surface area (Å²) < 4.78 is 15.6. The van der Waals surface area contributed by atoms with E-state index in [9.17, 15) is 18.8 Å². The monoisotopic (exact) mass is 499 g/mol. The Hall–Kier alpha value is -3.50. The predicted molar refractivity (Wildman–Crippen MR) is 129 cm³/mol. The molecule has 4 aromatic rings. The van der Waals surface area contributed by atoms with E-state index in [4.69, 9.17) is 11.6 Å². The summed E-state index contributed by atoms with van der Waals surface area (Å²) in [6, 6.07) is 12.7. The fraction of sp³-hybridized carbons (Fsp3) is 0.174. The van der Waals surface area contributed by atoms with E-state index in [0.717, 1.165) is 21.9 Å². The number of aromatic nitrogens is 4. The van der Waals surface area contributed by atoms with Crippen molar-refractivity contribution in [2.45, 2.75) is 11.6 Å². The maximum absolute atomic E-state index is 13.4. The van der Waals surface area contributed by atoms with Crippen molar-refractivity contribution >= 4 is 40.3 Å². The Kier molecular flexibility index (Phi) is 6.80. The van der Waals surface area contributed by atoms with Crippen molar-refractivity contribution in [1.82, 2.24) is 24.4 Å². The average molecular weight is 500 g/mol. The fourth-order valence-corrected chi connectivity index (χ4v) is 4.33. The standard InChI is InChI=1S/C23H19ClFN5O3S/c1-29-20-18(22(32)30(2)23(29)33)21(28-19(27-20)13-7-9-15(25)10-8-13)34-12-17(31)26-11-14-5-3-4-6-16(14)24/h3-10H,11-12H2,1-2H3,(H,26,31). The van der Waals surface area contributed by atoms with E-state index < -0.39 is 17.1 Å². The third-order valence-corrected chi connectivity index (χ3v) is 6.49. The molecule has 2 aromatic carbocycles. The Labute approximate surface area is 202 Å². The highest BCUT2D eigenvalue weighted by Gasteiger charge is 2.19. The lowest BCUT2D eigenvalue weighted by molar-refractivity contribution is -0.118. The van der Waals surface area contributed by atoms with Gasteiger partial charge in [-0.25, -0.2) is 19.2 Å². The lowest BCUT2D eigenvalue weighted by atomic mass is 10.2. The molecule has 0 aliphatic carbocycles. The number of carbonyl (C=O) groups excluding carboxylic acids is 1. The molecule has 34 heavy (non-hydrogen) atoms. The van der Waals surface area contributed by atoms with Gasteiger partial charge in [0.1, 0.15) is 16.2 Å². The maximum Gasteiger partial charge on any atom is 0.332 e. The zero-order valence-electron chi connectivity index (χ0n) is 18.2. The van der Waals surface area contributed by atoms with Crippen LogP contribution < -0.4 is 16.6 Å². The topological polar surface area (TPSA) is 98.9 Å². The van der Waals surface area contributed by atoms with E-state index >= 15 is 0 Å². The van der Waals surface area contributed by atoms with Crippen LogP contribution in [0.2, 0.25) is 5.02 Å². The molecule has 1 amide bonds. The lowest BCUT2D eigenvalue weighted by Gasteiger charge is -2.12. The van der Waals surface area contributed by atoms with Gasteiger partial charge in [-0.15, -0.1) is 0 Å². The van der Waals surface area contributed by atoms with Crippen molar-refractivity contribution in [3.63, 3.8) is 0 Å². The van der Waals surface area contributed by atoms with Gasteiger partial charge in [0, 0.05) is 31.2 Å². The van der Waals surface area contributed by atoms with Crippen LogP contribution in [0.25, 0.3) is 22.4 Å². The first-order valence-corrected chi connectivity index (χ1v) is 11.5. The lowest BCUT2D eigenvalue weighted by Crippen LogP contribution is -2.37. The third-order valence-electron chi connectivity index (χ3n) is 5.14. The molecule has 0 fully saturated rings. The van der Waals surface area contributed by atoms with Crippen LogP contribution in [0.5, 0.6) is 0 Å². The molecule has 0 unspecified atom stereocenters. The van der Waals surface area contributed by atoms with Gasteiger partial charge in [-0.3, -0.25) is 18.7 Å². The van der Waals surface area contributed by atoms with Gasteiger partial charge in [0.05, 0.1) is 5.75 Å². The molecule has 4 rings (SSSR count). The van der Waals surface area contributed by atoms with Crippen molar-refractivity contribution in [2.75, 3.05) is 5.75 Å². The molecule has 174 valence electrons. The van der Waals surface area contributed by atoms with Crippen molar-refractivity contribution in [1.29, 1.82) is 0 Å². The smallest absolute Gasteiger partial charge is 0.332 e. The number of fused-ring (bicyclic) bond motifs is 1. The molecule has 0 aliphatic rings. The SMILES string of the molecule is Cn1c(=O)c2c(SCC(=O)NCc3ccccc3Cl)nc(-c3ccc(F)cc3)nc2n(C)c1=O. The van der Waals surface area contributed by atoms with E-state index in [1.54, 1.807) is 12.1 Å². The van der Waals surface area contributed by atoms with Gasteiger partial charge in [0.25, 0.3) is 5.56 Å². The largest absolute Gasteiger partial charge is 0.351 e. The number of nitrogens with zero attached hydrogens (tertiary/aromatic N) is 4. The average Bonchev–Trinajstić information content (AvgIpc) is 2.84. The second-order valence-electron chi connectivity index (χ2n) is 7.42. The Morgan fingerprint density at radius 1 is 1.06 bits per heavy atom. The zero-order valence-corrected chi connectivity index (χ0v) is 19.8. The molecule has 0 atom stereocenters. The normalized spacial score (nSPS) is 11.1. The number of hydrogen-bond donors (Lipinski definition) is 1.